The molecule has 3 rings (SSSR count). The summed E-state index contributed by atoms with van der Waals surface area (Å²) in [4.78, 5) is 12.1. The van der Waals surface area contributed by atoms with Crippen molar-refractivity contribution in [2.24, 2.45) is 0 Å². The van der Waals surface area contributed by atoms with Crippen LogP contribution in [0, 0.1) is 0 Å². The number of phenols is 4. The zero-order valence-corrected chi connectivity index (χ0v) is 14.1. The van der Waals surface area contributed by atoms with Crippen LogP contribution < -0.4 is 5.43 Å². The number of aromatic hydroxyl groups is 5. The van der Waals surface area contributed by atoms with Crippen molar-refractivity contribution >= 4 is 11.0 Å². The minimum Gasteiger partial charge on any atom is -0.508 e. The van der Waals surface area contributed by atoms with Crippen LogP contribution in [0.15, 0.2) is 39.5 Å². The summed E-state index contributed by atoms with van der Waals surface area (Å²) in [7, 11) is 0. The summed E-state index contributed by atoms with van der Waals surface area (Å²) in [5.74, 6) is -2.71. The lowest BCUT2D eigenvalue weighted by atomic mass is 10.1. The predicted molar refractivity (Wildman–Crippen MR) is 95.0 cm³/mol. The van der Waals surface area contributed by atoms with E-state index < -0.39 is 28.8 Å². The molecule has 144 valence electrons. The Morgan fingerprint density at radius 3 is 2.15 bits per heavy atom. The Kier molecular flexibility index (Phi) is 5.78. The summed E-state index contributed by atoms with van der Waals surface area (Å²) < 4.78 is 5.35. The monoisotopic (exact) mass is 378 g/mol. The molecule has 3 aromatic rings. The van der Waals surface area contributed by atoms with Crippen molar-refractivity contribution in [2.75, 3.05) is 6.61 Å². The van der Waals surface area contributed by atoms with Crippen molar-refractivity contribution in [3.8, 4) is 40.1 Å². The number of hydrogen-bond donors (Lipinski definition) is 7. The zero-order chi connectivity index (χ0) is 20.3. The molecule has 0 radical (unpaired) electrons. The van der Waals surface area contributed by atoms with Crippen molar-refractivity contribution in [3.63, 3.8) is 0 Å². The molecule has 0 aliphatic carbocycles. The van der Waals surface area contributed by atoms with Gasteiger partial charge in [-0.1, -0.05) is 0 Å². The lowest BCUT2D eigenvalue weighted by molar-refractivity contribution is 0.110. The van der Waals surface area contributed by atoms with Crippen molar-refractivity contribution in [2.45, 2.75) is 13.0 Å². The standard InChI is InChI=1S/C15H10O7.C3H8O2/c16-7-4-10(19)12-11(5-7)22-15(14(21)13(12)20)6-1-2-8(17)9(18)3-6;1-3(5)2-4/h1-5,16-19,21H;3-5H,2H2,1H3. The molecule has 1 heterocycles. The molecule has 0 saturated heterocycles. The maximum Gasteiger partial charge on any atom is 0.238 e. The number of rotatable bonds is 2. The van der Waals surface area contributed by atoms with Crippen molar-refractivity contribution in [1.82, 2.24) is 0 Å². The maximum atomic E-state index is 12.1. The highest BCUT2D eigenvalue weighted by Crippen LogP contribution is 2.37. The Hall–Kier alpha value is -3.43. The van der Waals surface area contributed by atoms with Crippen LogP contribution in [0.2, 0.25) is 0 Å². The van der Waals surface area contributed by atoms with E-state index in [4.69, 9.17) is 14.6 Å². The van der Waals surface area contributed by atoms with Crippen LogP contribution in [0.1, 0.15) is 6.92 Å². The van der Waals surface area contributed by atoms with E-state index in [2.05, 4.69) is 0 Å². The number of hydrogen-bond acceptors (Lipinski definition) is 9. The number of benzene rings is 2. The van der Waals surface area contributed by atoms with Crippen molar-refractivity contribution < 1.29 is 40.2 Å². The van der Waals surface area contributed by atoms with Gasteiger partial charge in [-0.15, -0.1) is 0 Å². The van der Waals surface area contributed by atoms with E-state index in [1.165, 1.54) is 13.0 Å². The highest BCUT2D eigenvalue weighted by molar-refractivity contribution is 5.88. The van der Waals surface area contributed by atoms with Crippen LogP contribution in [0.25, 0.3) is 22.3 Å². The fourth-order valence-electron chi connectivity index (χ4n) is 2.14. The van der Waals surface area contributed by atoms with Crippen LogP contribution in [0.3, 0.4) is 0 Å². The largest absolute Gasteiger partial charge is 0.508 e. The maximum absolute atomic E-state index is 12.1. The molecule has 1 aromatic heterocycles. The molecule has 7 N–H and O–H groups in total. The molecule has 0 bridgehead atoms. The predicted octanol–water partition coefficient (Wildman–Crippen LogP) is 1.35. The molecule has 27 heavy (non-hydrogen) atoms. The van der Waals surface area contributed by atoms with Gasteiger partial charge in [-0.3, -0.25) is 4.79 Å². The Balaban J connectivity index is 0.000000465. The zero-order valence-electron chi connectivity index (χ0n) is 14.1. The molecule has 1 atom stereocenters. The Morgan fingerprint density at radius 1 is 0.963 bits per heavy atom. The fraction of sp³-hybridized carbons (Fsp3) is 0.167. The molecule has 9 nitrogen and oxygen atoms in total. The van der Waals surface area contributed by atoms with Gasteiger partial charge in [0.1, 0.15) is 22.5 Å². The lowest BCUT2D eigenvalue weighted by Crippen LogP contribution is -2.03. The van der Waals surface area contributed by atoms with Gasteiger partial charge in [-0.05, 0) is 25.1 Å². The first-order valence-electron chi connectivity index (χ1n) is 7.68. The fourth-order valence-corrected chi connectivity index (χ4v) is 2.14. The first-order valence-corrected chi connectivity index (χ1v) is 7.68. The molecular formula is C18H18O9. The van der Waals surface area contributed by atoms with E-state index in [-0.39, 0.29) is 40.4 Å². The highest BCUT2D eigenvalue weighted by Gasteiger charge is 2.19. The third-order valence-electron chi connectivity index (χ3n) is 3.44. The molecule has 0 amide bonds. The second-order valence-corrected chi connectivity index (χ2v) is 5.68. The summed E-state index contributed by atoms with van der Waals surface area (Å²) in [5, 5.41) is 63.6. The van der Waals surface area contributed by atoms with Gasteiger partial charge in [0.15, 0.2) is 17.3 Å². The molecule has 0 saturated carbocycles. The quantitative estimate of drug-likeness (QED) is 0.325. The van der Waals surface area contributed by atoms with Gasteiger partial charge >= 0.3 is 0 Å². The van der Waals surface area contributed by atoms with Gasteiger partial charge in [0.2, 0.25) is 11.2 Å². The van der Waals surface area contributed by atoms with E-state index >= 15 is 0 Å². The molecule has 0 fully saturated rings. The van der Waals surface area contributed by atoms with Gasteiger partial charge in [0, 0.05) is 17.7 Å². The number of aliphatic hydroxyl groups excluding tert-OH is 2. The van der Waals surface area contributed by atoms with Crippen LogP contribution in [0.4, 0.5) is 0 Å². The van der Waals surface area contributed by atoms with Crippen LogP contribution in [0.5, 0.6) is 28.7 Å². The minimum absolute atomic E-state index is 0.134. The van der Waals surface area contributed by atoms with Gasteiger partial charge in [-0.2, -0.15) is 0 Å². The molecule has 9 heteroatoms. The summed E-state index contributed by atoms with van der Waals surface area (Å²) in [6, 6.07) is 5.64. The first kappa shape index (κ1) is 19.9. The van der Waals surface area contributed by atoms with Gasteiger partial charge in [0.05, 0.1) is 12.7 Å². The molecule has 1 unspecified atom stereocenters. The number of aliphatic hydroxyl groups is 2. The molecule has 0 spiro atoms. The number of fused-ring (bicyclic) bond motifs is 1. The molecule has 0 aliphatic rings. The summed E-state index contributed by atoms with van der Waals surface area (Å²) in [6.45, 7) is 1.39. The van der Waals surface area contributed by atoms with Gasteiger partial charge < -0.3 is 40.2 Å². The van der Waals surface area contributed by atoms with Gasteiger partial charge in [-0.25, -0.2) is 0 Å². The minimum atomic E-state index is -0.888. The Labute approximate surface area is 152 Å². The Bertz CT molecular complexity index is 1020. The second-order valence-electron chi connectivity index (χ2n) is 5.68. The van der Waals surface area contributed by atoms with Gasteiger partial charge in [0.25, 0.3) is 0 Å². The molecule has 2 aromatic carbocycles. The summed E-state index contributed by atoms with van der Waals surface area (Å²) in [5.41, 5.74) is -0.890. The summed E-state index contributed by atoms with van der Waals surface area (Å²) in [6.07, 6.45) is -0.560. The first-order chi connectivity index (χ1) is 12.6. The van der Waals surface area contributed by atoms with E-state index in [9.17, 15) is 30.3 Å². The SMILES string of the molecule is CC(O)CO.O=c1c(O)c(-c2ccc(O)c(O)c2)oc2cc(O)cc(O)c12. The van der Waals surface area contributed by atoms with E-state index in [1.54, 1.807) is 0 Å². The summed E-state index contributed by atoms with van der Waals surface area (Å²) >= 11 is 0. The number of phenolic OH excluding ortho intramolecular Hbond substituents is 4. The topological polar surface area (TPSA) is 172 Å². The lowest BCUT2D eigenvalue weighted by Gasteiger charge is -2.08. The molecular weight excluding hydrogens is 360 g/mol. The normalized spacial score (nSPS) is 11.7. The van der Waals surface area contributed by atoms with E-state index in [0.717, 1.165) is 24.3 Å². The Morgan fingerprint density at radius 2 is 1.59 bits per heavy atom. The third-order valence-corrected chi connectivity index (χ3v) is 3.44. The van der Waals surface area contributed by atoms with E-state index in [1.807, 2.05) is 0 Å². The van der Waals surface area contributed by atoms with Crippen molar-refractivity contribution in [3.05, 3.63) is 40.6 Å². The molecule has 0 aliphatic heterocycles. The van der Waals surface area contributed by atoms with Crippen LogP contribution in [-0.4, -0.2) is 48.5 Å². The third kappa shape index (κ3) is 4.22. The average Bonchev–Trinajstić information content (AvgIpc) is 2.60. The average molecular weight is 378 g/mol. The van der Waals surface area contributed by atoms with Crippen LogP contribution in [-0.2, 0) is 0 Å². The smallest absolute Gasteiger partial charge is 0.238 e. The van der Waals surface area contributed by atoms with E-state index in [0.29, 0.717) is 0 Å². The van der Waals surface area contributed by atoms with Crippen molar-refractivity contribution in [1.29, 1.82) is 0 Å². The highest BCUT2D eigenvalue weighted by atomic mass is 16.4. The second kappa shape index (κ2) is 7.85. The van der Waals surface area contributed by atoms with Crippen LogP contribution >= 0.6 is 0 Å².